The second kappa shape index (κ2) is 6.44. The zero-order valence-electron chi connectivity index (χ0n) is 12.0. The minimum atomic E-state index is -0.247. The van der Waals surface area contributed by atoms with Crippen molar-refractivity contribution in [3.05, 3.63) is 33.1 Å². The monoisotopic (exact) mass is 368 g/mol. The molecule has 0 spiro atoms. The number of thiazole rings is 1. The van der Waals surface area contributed by atoms with E-state index in [9.17, 15) is 4.79 Å². The Morgan fingerprint density at radius 1 is 1.43 bits per heavy atom. The number of amides is 1. The van der Waals surface area contributed by atoms with Gasteiger partial charge in [-0.3, -0.25) is 4.79 Å². The second-order valence-corrected chi connectivity index (χ2v) is 6.75. The van der Waals surface area contributed by atoms with Crippen molar-refractivity contribution in [1.29, 1.82) is 0 Å². The predicted octanol–water partition coefficient (Wildman–Crippen LogP) is 3.87. The third-order valence-corrected chi connectivity index (χ3v) is 4.65. The van der Waals surface area contributed by atoms with Crippen LogP contribution in [0.5, 0.6) is 0 Å². The molecule has 0 bridgehead atoms. The van der Waals surface area contributed by atoms with Gasteiger partial charge in [-0.1, -0.05) is 33.3 Å². The minimum Gasteiger partial charge on any atom is -0.382 e. The summed E-state index contributed by atoms with van der Waals surface area (Å²) in [6.45, 7) is 5.94. The van der Waals surface area contributed by atoms with Crippen molar-refractivity contribution < 1.29 is 4.79 Å². The Balaban J connectivity index is 2.20. The molecular weight excluding hydrogens is 352 g/mol. The Morgan fingerprint density at radius 2 is 2.14 bits per heavy atom. The Morgan fingerprint density at radius 3 is 2.81 bits per heavy atom. The summed E-state index contributed by atoms with van der Waals surface area (Å²) in [7, 11) is 0. The third-order valence-electron chi connectivity index (χ3n) is 2.79. The van der Waals surface area contributed by atoms with Crippen molar-refractivity contribution in [3.63, 3.8) is 0 Å². The first-order chi connectivity index (χ1) is 9.88. The summed E-state index contributed by atoms with van der Waals surface area (Å²) in [5, 5.41) is 6.67. The molecule has 0 aliphatic heterocycles. The fourth-order valence-corrected chi connectivity index (χ4v) is 3.02. The van der Waals surface area contributed by atoms with E-state index < -0.39 is 0 Å². The van der Waals surface area contributed by atoms with Crippen molar-refractivity contribution in [1.82, 2.24) is 4.98 Å². The molecule has 1 heterocycles. The van der Waals surface area contributed by atoms with E-state index in [0.29, 0.717) is 10.0 Å². The van der Waals surface area contributed by atoms with E-state index in [0.717, 1.165) is 15.7 Å². The van der Waals surface area contributed by atoms with E-state index in [-0.39, 0.29) is 17.8 Å². The maximum Gasteiger partial charge on any atom is 0.269 e. The molecule has 21 heavy (non-hydrogen) atoms. The van der Waals surface area contributed by atoms with Crippen molar-refractivity contribution >= 4 is 49.8 Å². The van der Waals surface area contributed by atoms with Gasteiger partial charge in [-0.05, 0) is 38.5 Å². The van der Waals surface area contributed by atoms with Crippen LogP contribution in [0.4, 0.5) is 16.6 Å². The molecule has 0 unspecified atom stereocenters. The van der Waals surface area contributed by atoms with Crippen LogP contribution in [0.1, 0.15) is 29.1 Å². The number of nitrogen functional groups attached to an aromatic ring is 1. The number of nitrogens with two attached hydrogens (primary N) is 1. The molecule has 1 amide bonds. The Bertz CT molecular complexity index is 669. The SMILES string of the molecule is Cc1c(Br)cccc1NC(=O)c1sc(NC(C)C)nc1N. The molecule has 1 aromatic carbocycles. The Kier molecular flexibility index (Phi) is 4.84. The number of anilines is 3. The second-order valence-electron chi connectivity index (χ2n) is 4.90. The molecule has 1 aromatic heterocycles. The number of aromatic nitrogens is 1. The molecule has 0 atom stereocenters. The molecule has 0 saturated heterocycles. The molecule has 2 rings (SSSR count). The summed E-state index contributed by atoms with van der Waals surface area (Å²) in [6, 6.07) is 5.88. The van der Waals surface area contributed by atoms with Gasteiger partial charge in [-0.2, -0.15) is 0 Å². The quantitative estimate of drug-likeness (QED) is 0.764. The van der Waals surface area contributed by atoms with Crippen molar-refractivity contribution in [2.45, 2.75) is 26.8 Å². The number of benzene rings is 1. The topological polar surface area (TPSA) is 80.0 Å². The van der Waals surface area contributed by atoms with Crippen LogP contribution in [0.25, 0.3) is 0 Å². The molecule has 0 saturated carbocycles. The lowest BCUT2D eigenvalue weighted by molar-refractivity contribution is 0.103. The normalized spacial score (nSPS) is 10.7. The number of hydrogen-bond donors (Lipinski definition) is 3. The van der Waals surface area contributed by atoms with Gasteiger partial charge in [0.15, 0.2) is 5.13 Å². The summed E-state index contributed by atoms with van der Waals surface area (Å²) in [4.78, 5) is 16.9. The number of nitrogens with one attached hydrogen (secondary N) is 2. The van der Waals surface area contributed by atoms with Crippen molar-refractivity contribution in [2.75, 3.05) is 16.4 Å². The largest absolute Gasteiger partial charge is 0.382 e. The average molecular weight is 369 g/mol. The van der Waals surface area contributed by atoms with Crippen LogP contribution >= 0.6 is 27.3 Å². The van der Waals surface area contributed by atoms with Gasteiger partial charge in [0.05, 0.1) is 0 Å². The molecule has 0 aliphatic carbocycles. The molecule has 4 N–H and O–H groups in total. The fourth-order valence-electron chi connectivity index (χ4n) is 1.73. The van der Waals surface area contributed by atoms with E-state index in [1.807, 2.05) is 39.0 Å². The van der Waals surface area contributed by atoms with E-state index in [1.54, 1.807) is 0 Å². The summed E-state index contributed by atoms with van der Waals surface area (Å²) in [6.07, 6.45) is 0. The highest BCUT2D eigenvalue weighted by Crippen LogP contribution is 2.28. The van der Waals surface area contributed by atoms with Gasteiger partial charge in [0, 0.05) is 16.2 Å². The van der Waals surface area contributed by atoms with E-state index in [2.05, 4.69) is 31.5 Å². The lowest BCUT2D eigenvalue weighted by atomic mass is 10.2. The van der Waals surface area contributed by atoms with Crippen LogP contribution in [0.15, 0.2) is 22.7 Å². The van der Waals surface area contributed by atoms with E-state index >= 15 is 0 Å². The van der Waals surface area contributed by atoms with Gasteiger partial charge in [0.1, 0.15) is 10.7 Å². The van der Waals surface area contributed by atoms with Crippen LogP contribution < -0.4 is 16.4 Å². The van der Waals surface area contributed by atoms with Gasteiger partial charge < -0.3 is 16.4 Å². The van der Waals surface area contributed by atoms with Gasteiger partial charge in [0.2, 0.25) is 0 Å². The Labute approximate surface area is 136 Å². The number of nitrogens with zero attached hydrogens (tertiary/aromatic N) is 1. The molecule has 7 heteroatoms. The lowest BCUT2D eigenvalue weighted by Crippen LogP contribution is -2.13. The number of carbonyl (C=O) groups excluding carboxylic acids is 1. The van der Waals surface area contributed by atoms with Crippen molar-refractivity contribution in [2.24, 2.45) is 0 Å². The van der Waals surface area contributed by atoms with E-state index in [4.69, 9.17) is 5.73 Å². The Hall–Kier alpha value is -1.60. The summed E-state index contributed by atoms with van der Waals surface area (Å²) < 4.78 is 0.944. The van der Waals surface area contributed by atoms with Crippen LogP contribution in [-0.2, 0) is 0 Å². The molecule has 5 nitrogen and oxygen atoms in total. The van der Waals surface area contributed by atoms with Gasteiger partial charge >= 0.3 is 0 Å². The molecule has 0 fully saturated rings. The van der Waals surface area contributed by atoms with Gasteiger partial charge in [0.25, 0.3) is 5.91 Å². The smallest absolute Gasteiger partial charge is 0.269 e. The first-order valence-electron chi connectivity index (χ1n) is 6.47. The minimum absolute atomic E-state index is 0.235. The number of hydrogen-bond acceptors (Lipinski definition) is 5. The van der Waals surface area contributed by atoms with Gasteiger partial charge in [-0.25, -0.2) is 4.98 Å². The molecule has 0 radical (unpaired) electrons. The summed E-state index contributed by atoms with van der Waals surface area (Å²) >= 11 is 4.70. The first kappa shape index (κ1) is 15.8. The highest BCUT2D eigenvalue weighted by atomic mass is 79.9. The summed E-state index contributed by atoms with van der Waals surface area (Å²) in [5.74, 6) is -0.00342. The zero-order valence-corrected chi connectivity index (χ0v) is 14.4. The maximum absolute atomic E-state index is 12.3. The number of halogens is 1. The van der Waals surface area contributed by atoms with Crippen molar-refractivity contribution in [3.8, 4) is 0 Å². The molecule has 112 valence electrons. The van der Waals surface area contributed by atoms with Crippen LogP contribution in [0, 0.1) is 6.92 Å². The standard InChI is InChI=1S/C14H17BrN4OS/c1-7(2)17-14-19-12(16)11(21-14)13(20)18-10-6-4-5-9(15)8(10)3/h4-7H,16H2,1-3H3,(H,17,19)(H,18,20). The average Bonchev–Trinajstić information content (AvgIpc) is 2.75. The summed E-state index contributed by atoms with van der Waals surface area (Å²) in [5.41, 5.74) is 7.55. The number of carbonyl (C=O) groups is 1. The zero-order chi connectivity index (χ0) is 15.6. The number of rotatable bonds is 4. The van der Waals surface area contributed by atoms with Crippen LogP contribution in [-0.4, -0.2) is 16.9 Å². The lowest BCUT2D eigenvalue weighted by Gasteiger charge is -2.08. The van der Waals surface area contributed by atoms with Crippen LogP contribution in [0.2, 0.25) is 0 Å². The molecule has 0 aliphatic rings. The van der Waals surface area contributed by atoms with Gasteiger partial charge in [-0.15, -0.1) is 0 Å². The molecule has 2 aromatic rings. The fraction of sp³-hybridized carbons (Fsp3) is 0.286. The third kappa shape index (κ3) is 3.74. The van der Waals surface area contributed by atoms with Crippen LogP contribution in [0.3, 0.4) is 0 Å². The van der Waals surface area contributed by atoms with E-state index in [1.165, 1.54) is 11.3 Å². The highest BCUT2D eigenvalue weighted by molar-refractivity contribution is 9.10. The maximum atomic E-state index is 12.3. The first-order valence-corrected chi connectivity index (χ1v) is 8.08. The molecular formula is C14H17BrN4OS. The predicted molar refractivity (Wildman–Crippen MR) is 92.1 cm³/mol. The highest BCUT2D eigenvalue weighted by Gasteiger charge is 2.17.